The summed E-state index contributed by atoms with van der Waals surface area (Å²) in [5, 5.41) is 37.4. The van der Waals surface area contributed by atoms with Gasteiger partial charge in [0.05, 0.1) is 28.0 Å². The molecule has 0 saturated heterocycles. The van der Waals surface area contributed by atoms with E-state index in [-0.39, 0.29) is 30.1 Å². The van der Waals surface area contributed by atoms with Crippen molar-refractivity contribution in [3.05, 3.63) is 85.5 Å². The number of aliphatic carboxylic acids is 1. The molecular formula is C24H22N4O7. The Kier molecular flexibility index (Phi) is 6.67. The highest BCUT2D eigenvalue weighted by molar-refractivity contribution is 6.08. The maximum Gasteiger partial charge on any atom is 0.303 e. The topological polar surface area (TPSA) is 156 Å². The monoisotopic (exact) mass is 478 g/mol. The Morgan fingerprint density at radius 1 is 1.06 bits per heavy atom. The molecule has 2 aliphatic rings. The number of amides is 1. The van der Waals surface area contributed by atoms with Gasteiger partial charge in [0.15, 0.2) is 0 Å². The zero-order valence-electron chi connectivity index (χ0n) is 18.6. The SMILES string of the molecule is O=C(O)CCC(=O)N1N=C2/C(=C/c3cccc([N+](=O)[O-])c3)CCCC2C1c1cccc([N+](=O)[O-])c1. The van der Waals surface area contributed by atoms with Gasteiger partial charge in [-0.05, 0) is 42.0 Å². The lowest BCUT2D eigenvalue weighted by molar-refractivity contribution is -0.385. The molecule has 2 aromatic carbocycles. The van der Waals surface area contributed by atoms with E-state index in [0.717, 1.165) is 12.0 Å². The van der Waals surface area contributed by atoms with E-state index in [9.17, 15) is 29.8 Å². The summed E-state index contributed by atoms with van der Waals surface area (Å²) in [4.78, 5) is 45.6. The van der Waals surface area contributed by atoms with E-state index in [2.05, 4.69) is 5.10 Å². The van der Waals surface area contributed by atoms with Crippen molar-refractivity contribution in [2.45, 2.75) is 38.1 Å². The van der Waals surface area contributed by atoms with E-state index >= 15 is 0 Å². The van der Waals surface area contributed by atoms with Crippen LogP contribution in [0.2, 0.25) is 0 Å². The number of carboxylic acids is 1. The average molecular weight is 478 g/mol. The minimum absolute atomic E-state index is 0.0417. The number of carbonyl (C=O) groups is 2. The molecule has 1 amide bonds. The van der Waals surface area contributed by atoms with Gasteiger partial charge in [-0.3, -0.25) is 29.8 Å². The molecule has 11 heteroatoms. The van der Waals surface area contributed by atoms with Gasteiger partial charge in [0.2, 0.25) is 5.91 Å². The third-order valence-electron chi connectivity index (χ3n) is 6.15. The predicted octanol–water partition coefficient (Wildman–Crippen LogP) is 4.49. The fourth-order valence-electron chi connectivity index (χ4n) is 4.62. The quantitative estimate of drug-likeness (QED) is 0.454. The van der Waals surface area contributed by atoms with E-state index in [1.165, 1.54) is 29.3 Å². The minimum Gasteiger partial charge on any atom is -0.481 e. The van der Waals surface area contributed by atoms with Crippen molar-refractivity contribution >= 4 is 35.0 Å². The second-order valence-electron chi connectivity index (χ2n) is 8.43. The molecule has 0 radical (unpaired) electrons. The van der Waals surface area contributed by atoms with Crippen LogP contribution in [0.25, 0.3) is 6.08 Å². The van der Waals surface area contributed by atoms with E-state index in [1.54, 1.807) is 24.3 Å². The van der Waals surface area contributed by atoms with Crippen LogP contribution in [0.4, 0.5) is 11.4 Å². The van der Waals surface area contributed by atoms with Gasteiger partial charge < -0.3 is 5.11 Å². The second kappa shape index (κ2) is 9.84. The lowest BCUT2D eigenvalue weighted by Crippen LogP contribution is -2.32. The van der Waals surface area contributed by atoms with Crippen LogP contribution < -0.4 is 0 Å². The molecule has 1 saturated carbocycles. The third kappa shape index (κ3) is 5.08. The molecule has 180 valence electrons. The van der Waals surface area contributed by atoms with Gasteiger partial charge in [0.1, 0.15) is 0 Å². The molecule has 2 atom stereocenters. The molecule has 2 unspecified atom stereocenters. The number of benzene rings is 2. The van der Waals surface area contributed by atoms with Crippen LogP contribution in [-0.4, -0.2) is 37.6 Å². The highest BCUT2D eigenvalue weighted by Crippen LogP contribution is 2.45. The van der Waals surface area contributed by atoms with Crippen LogP contribution in [0.1, 0.15) is 49.3 Å². The summed E-state index contributed by atoms with van der Waals surface area (Å²) in [5.41, 5.74) is 2.48. The number of nitro groups is 2. The fourth-order valence-corrected chi connectivity index (χ4v) is 4.62. The van der Waals surface area contributed by atoms with Crippen molar-refractivity contribution < 1.29 is 24.5 Å². The molecule has 35 heavy (non-hydrogen) atoms. The van der Waals surface area contributed by atoms with Gasteiger partial charge in [0.25, 0.3) is 11.4 Å². The summed E-state index contributed by atoms with van der Waals surface area (Å²) >= 11 is 0. The molecule has 0 bridgehead atoms. The van der Waals surface area contributed by atoms with Crippen molar-refractivity contribution in [1.82, 2.24) is 5.01 Å². The van der Waals surface area contributed by atoms with Crippen molar-refractivity contribution in [1.29, 1.82) is 0 Å². The van der Waals surface area contributed by atoms with Gasteiger partial charge in [-0.15, -0.1) is 0 Å². The van der Waals surface area contributed by atoms with Gasteiger partial charge in [-0.25, -0.2) is 5.01 Å². The molecule has 0 aromatic heterocycles. The molecule has 1 aliphatic heterocycles. The number of hydrogen-bond donors (Lipinski definition) is 1. The highest BCUT2D eigenvalue weighted by atomic mass is 16.6. The van der Waals surface area contributed by atoms with Crippen LogP contribution in [0.5, 0.6) is 0 Å². The summed E-state index contributed by atoms with van der Waals surface area (Å²) in [7, 11) is 0. The van der Waals surface area contributed by atoms with Crippen LogP contribution in [0, 0.1) is 26.1 Å². The Balaban J connectivity index is 1.75. The molecule has 4 rings (SSSR count). The first-order valence-electron chi connectivity index (χ1n) is 11.1. The fraction of sp³-hybridized carbons (Fsp3) is 0.292. The number of fused-ring (bicyclic) bond motifs is 1. The van der Waals surface area contributed by atoms with Crippen LogP contribution in [0.15, 0.2) is 59.2 Å². The lowest BCUT2D eigenvalue weighted by Gasteiger charge is -2.29. The number of non-ortho nitro benzene ring substituents is 2. The lowest BCUT2D eigenvalue weighted by atomic mass is 9.77. The largest absolute Gasteiger partial charge is 0.481 e. The molecule has 1 heterocycles. The number of hydrogen-bond acceptors (Lipinski definition) is 7. The number of rotatable bonds is 7. The summed E-state index contributed by atoms with van der Waals surface area (Å²) in [5.74, 6) is -1.84. The first-order chi connectivity index (χ1) is 16.7. The van der Waals surface area contributed by atoms with Crippen molar-refractivity contribution in [2.75, 3.05) is 0 Å². The molecule has 1 aliphatic carbocycles. The Hall–Kier alpha value is -4.41. The zero-order valence-corrected chi connectivity index (χ0v) is 18.6. The Morgan fingerprint density at radius 2 is 1.74 bits per heavy atom. The standard InChI is InChI=1S/C24H22N4O7/c29-21(10-11-22(30)31)26-24(17-6-2-8-19(14-17)28(34)35)20-9-3-5-16(23(20)25-26)12-15-4-1-7-18(13-15)27(32)33/h1-2,4,6-8,12-14,20,24H,3,5,9-11H2,(H,30,31)/b16-12+. The summed E-state index contributed by atoms with van der Waals surface area (Å²) in [6.07, 6.45) is 3.30. The summed E-state index contributed by atoms with van der Waals surface area (Å²) < 4.78 is 0. The van der Waals surface area contributed by atoms with Crippen LogP contribution in [0.3, 0.4) is 0 Å². The maximum atomic E-state index is 13.0. The van der Waals surface area contributed by atoms with Crippen LogP contribution >= 0.6 is 0 Å². The average Bonchev–Trinajstić information content (AvgIpc) is 3.23. The molecule has 1 fully saturated rings. The number of carbonyl (C=O) groups excluding carboxylic acids is 1. The van der Waals surface area contributed by atoms with Crippen LogP contribution in [-0.2, 0) is 9.59 Å². The number of hydrazone groups is 1. The first kappa shape index (κ1) is 23.7. The predicted molar refractivity (Wildman–Crippen MR) is 125 cm³/mol. The third-order valence-corrected chi connectivity index (χ3v) is 6.15. The molecule has 2 aromatic rings. The summed E-state index contributed by atoms with van der Waals surface area (Å²) in [6, 6.07) is 11.6. The van der Waals surface area contributed by atoms with E-state index in [1.807, 2.05) is 6.08 Å². The zero-order chi connectivity index (χ0) is 25.1. The summed E-state index contributed by atoms with van der Waals surface area (Å²) in [6.45, 7) is 0. The van der Waals surface area contributed by atoms with Crippen molar-refractivity contribution in [2.24, 2.45) is 11.0 Å². The Morgan fingerprint density at radius 3 is 2.43 bits per heavy atom. The minimum atomic E-state index is -1.11. The Bertz CT molecular complexity index is 1270. The number of nitrogens with zero attached hydrogens (tertiary/aromatic N) is 4. The molecular weight excluding hydrogens is 456 g/mol. The van der Waals surface area contributed by atoms with Gasteiger partial charge in [-0.2, -0.15) is 5.10 Å². The first-order valence-corrected chi connectivity index (χ1v) is 11.1. The Labute approximate surface area is 199 Å². The number of carboxylic acid groups (broad SMARTS) is 1. The molecule has 0 spiro atoms. The number of nitro benzene ring substituents is 2. The van der Waals surface area contributed by atoms with Crippen molar-refractivity contribution in [3.63, 3.8) is 0 Å². The van der Waals surface area contributed by atoms with E-state index in [0.29, 0.717) is 29.7 Å². The smallest absolute Gasteiger partial charge is 0.303 e. The second-order valence-corrected chi connectivity index (χ2v) is 8.43. The normalized spacial score (nSPS) is 20.3. The molecule has 11 nitrogen and oxygen atoms in total. The van der Waals surface area contributed by atoms with Crippen molar-refractivity contribution in [3.8, 4) is 0 Å². The van der Waals surface area contributed by atoms with E-state index in [4.69, 9.17) is 5.11 Å². The number of allylic oxidation sites excluding steroid dienone is 1. The van der Waals surface area contributed by atoms with Gasteiger partial charge in [-0.1, -0.05) is 24.3 Å². The van der Waals surface area contributed by atoms with E-state index < -0.39 is 27.8 Å². The highest BCUT2D eigenvalue weighted by Gasteiger charge is 2.44. The van der Waals surface area contributed by atoms with Gasteiger partial charge in [0, 0.05) is 36.6 Å². The molecule has 1 N–H and O–H groups in total. The maximum absolute atomic E-state index is 13.0. The van der Waals surface area contributed by atoms with Gasteiger partial charge >= 0.3 is 5.97 Å².